The Hall–Kier alpha value is -1.79. The van der Waals surface area contributed by atoms with Crippen molar-refractivity contribution in [3.63, 3.8) is 0 Å². The van der Waals surface area contributed by atoms with Gasteiger partial charge in [0.25, 0.3) is 0 Å². The average molecular weight is 229 g/mol. The maximum Gasteiger partial charge on any atom is 0.320 e. The van der Waals surface area contributed by atoms with E-state index in [1.165, 1.54) is 0 Å². The van der Waals surface area contributed by atoms with Gasteiger partial charge in [-0.2, -0.15) is 0 Å². The van der Waals surface area contributed by atoms with Crippen LogP contribution < -0.4 is 0 Å². The van der Waals surface area contributed by atoms with Gasteiger partial charge in [-0.05, 0) is 37.1 Å². The Kier molecular flexibility index (Phi) is 3.46. The lowest BCUT2D eigenvalue weighted by Gasteiger charge is -2.20. The number of carboxylic acids is 1. The molecule has 1 aliphatic rings. The Balaban J connectivity index is 2.05. The van der Waals surface area contributed by atoms with Crippen LogP contribution in [0.25, 0.3) is 0 Å². The van der Waals surface area contributed by atoms with Crippen LogP contribution in [0.2, 0.25) is 0 Å². The fourth-order valence-corrected chi connectivity index (χ4v) is 2.24. The van der Waals surface area contributed by atoms with Crippen molar-refractivity contribution in [2.45, 2.75) is 25.4 Å². The number of carboxylic acid groups (broad SMARTS) is 1. The lowest BCUT2D eigenvalue weighted by Crippen LogP contribution is -2.35. The van der Waals surface area contributed by atoms with Gasteiger partial charge in [0, 0.05) is 12.1 Å². The van der Waals surface area contributed by atoms with E-state index in [2.05, 4.69) is 5.92 Å². The maximum atomic E-state index is 11.0. The number of terminal acetylenes is 1. The summed E-state index contributed by atoms with van der Waals surface area (Å²) in [6, 6.07) is 7.38. The molecular weight excluding hydrogens is 214 g/mol. The molecule has 0 spiro atoms. The molecule has 88 valence electrons. The van der Waals surface area contributed by atoms with Crippen molar-refractivity contribution >= 4 is 5.97 Å². The Bertz CT molecular complexity index is 444. The minimum Gasteiger partial charge on any atom is -0.480 e. The van der Waals surface area contributed by atoms with Crippen LogP contribution in [-0.4, -0.2) is 28.6 Å². The summed E-state index contributed by atoms with van der Waals surface area (Å²) in [7, 11) is 0. The van der Waals surface area contributed by atoms with Gasteiger partial charge in [0.1, 0.15) is 6.04 Å². The zero-order valence-corrected chi connectivity index (χ0v) is 9.60. The van der Waals surface area contributed by atoms with Crippen LogP contribution >= 0.6 is 0 Å². The highest BCUT2D eigenvalue weighted by molar-refractivity contribution is 5.73. The summed E-state index contributed by atoms with van der Waals surface area (Å²) >= 11 is 0. The van der Waals surface area contributed by atoms with Crippen molar-refractivity contribution < 1.29 is 9.90 Å². The molecule has 3 nitrogen and oxygen atoms in total. The molecule has 1 fully saturated rings. The molecule has 0 aliphatic carbocycles. The minimum atomic E-state index is -0.720. The zero-order chi connectivity index (χ0) is 12.3. The van der Waals surface area contributed by atoms with Crippen LogP contribution in [-0.2, 0) is 11.3 Å². The van der Waals surface area contributed by atoms with Crippen molar-refractivity contribution in [3.8, 4) is 12.3 Å². The van der Waals surface area contributed by atoms with E-state index in [1.54, 1.807) is 0 Å². The number of hydrogen-bond donors (Lipinski definition) is 1. The largest absolute Gasteiger partial charge is 0.480 e. The van der Waals surface area contributed by atoms with Gasteiger partial charge in [0.2, 0.25) is 0 Å². The van der Waals surface area contributed by atoms with Crippen LogP contribution in [0.1, 0.15) is 24.0 Å². The van der Waals surface area contributed by atoms with E-state index in [0.717, 1.165) is 30.5 Å². The summed E-state index contributed by atoms with van der Waals surface area (Å²) in [5.74, 6) is 1.85. The second-order valence-corrected chi connectivity index (χ2v) is 4.31. The van der Waals surface area contributed by atoms with Gasteiger partial charge >= 0.3 is 5.97 Å². The highest BCUT2D eigenvalue weighted by Gasteiger charge is 2.30. The van der Waals surface area contributed by atoms with Gasteiger partial charge in [-0.1, -0.05) is 18.1 Å². The summed E-state index contributed by atoms with van der Waals surface area (Å²) in [6.07, 6.45) is 6.99. The Labute approximate surface area is 101 Å². The van der Waals surface area contributed by atoms with Crippen LogP contribution in [0.5, 0.6) is 0 Å². The SMILES string of the molecule is C#Cc1ccc(CN2CCC[C@H]2C(=O)O)cc1. The van der Waals surface area contributed by atoms with Crippen molar-refractivity contribution in [3.05, 3.63) is 35.4 Å². The van der Waals surface area contributed by atoms with Crippen LogP contribution in [0.4, 0.5) is 0 Å². The third-order valence-electron chi connectivity index (χ3n) is 3.15. The number of aliphatic carboxylic acids is 1. The standard InChI is InChI=1S/C14H15NO2/c1-2-11-5-7-12(8-6-11)10-15-9-3-4-13(15)14(16)17/h1,5-8,13H,3-4,9-10H2,(H,16,17)/t13-/m0/s1. The van der Waals surface area contributed by atoms with Gasteiger partial charge < -0.3 is 5.11 Å². The fourth-order valence-electron chi connectivity index (χ4n) is 2.24. The molecule has 0 amide bonds. The second kappa shape index (κ2) is 5.03. The number of nitrogens with zero attached hydrogens (tertiary/aromatic N) is 1. The van der Waals surface area contributed by atoms with E-state index in [9.17, 15) is 4.79 Å². The summed E-state index contributed by atoms with van der Waals surface area (Å²) in [5, 5.41) is 9.08. The molecule has 3 heteroatoms. The summed E-state index contributed by atoms with van der Waals surface area (Å²) in [4.78, 5) is 13.0. The minimum absolute atomic E-state index is 0.331. The van der Waals surface area contributed by atoms with Crippen molar-refractivity contribution in [2.24, 2.45) is 0 Å². The van der Waals surface area contributed by atoms with E-state index in [-0.39, 0.29) is 6.04 Å². The van der Waals surface area contributed by atoms with Gasteiger partial charge in [-0.25, -0.2) is 0 Å². The lowest BCUT2D eigenvalue weighted by atomic mass is 10.1. The predicted octanol–water partition coefficient (Wildman–Crippen LogP) is 1.72. The predicted molar refractivity (Wildman–Crippen MR) is 65.4 cm³/mol. The first-order valence-electron chi connectivity index (χ1n) is 5.73. The molecule has 1 atom stereocenters. The quantitative estimate of drug-likeness (QED) is 0.802. The number of hydrogen-bond acceptors (Lipinski definition) is 2. The smallest absolute Gasteiger partial charge is 0.320 e. The fraction of sp³-hybridized carbons (Fsp3) is 0.357. The third kappa shape index (κ3) is 2.66. The topological polar surface area (TPSA) is 40.5 Å². The summed E-state index contributed by atoms with van der Waals surface area (Å²) in [6.45, 7) is 1.54. The first-order valence-corrected chi connectivity index (χ1v) is 5.73. The molecule has 0 aromatic heterocycles. The maximum absolute atomic E-state index is 11.0. The van der Waals surface area contributed by atoms with Gasteiger partial charge in [0.05, 0.1) is 0 Å². The normalized spacial score (nSPS) is 20.1. The van der Waals surface area contributed by atoms with Crippen molar-refractivity contribution in [1.82, 2.24) is 4.90 Å². The molecule has 1 saturated heterocycles. The van der Waals surface area contributed by atoms with E-state index in [1.807, 2.05) is 29.2 Å². The molecule has 0 bridgehead atoms. The molecular formula is C14H15NO2. The molecule has 2 rings (SSSR count). The summed E-state index contributed by atoms with van der Waals surface area (Å²) in [5.41, 5.74) is 1.96. The highest BCUT2D eigenvalue weighted by Crippen LogP contribution is 2.20. The highest BCUT2D eigenvalue weighted by atomic mass is 16.4. The molecule has 1 aromatic rings. The number of likely N-dealkylation sites (tertiary alicyclic amines) is 1. The third-order valence-corrected chi connectivity index (χ3v) is 3.15. The monoisotopic (exact) mass is 229 g/mol. The Morgan fingerprint density at radius 3 is 2.76 bits per heavy atom. The van der Waals surface area contributed by atoms with Crippen LogP contribution in [0.15, 0.2) is 24.3 Å². The molecule has 0 radical (unpaired) electrons. The molecule has 0 saturated carbocycles. The number of rotatable bonds is 3. The second-order valence-electron chi connectivity index (χ2n) is 4.31. The first-order chi connectivity index (χ1) is 8.20. The number of carbonyl (C=O) groups is 1. The zero-order valence-electron chi connectivity index (χ0n) is 9.60. The lowest BCUT2D eigenvalue weighted by molar-refractivity contribution is -0.142. The van der Waals surface area contributed by atoms with E-state index < -0.39 is 5.97 Å². The van der Waals surface area contributed by atoms with Gasteiger partial charge in [-0.3, -0.25) is 9.69 Å². The van der Waals surface area contributed by atoms with E-state index in [0.29, 0.717) is 6.54 Å². The molecule has 0 unspecified atom stereocenters. The molecule has 1 aliphatic heterocycles. The van der Waals surface area contributed by atoms with Crippen LogP contribution in [0, 0.1) is 12.3 Å². The average Bonchev–Trinajstić information content (AvgIpc) is 2.78. The molecule has 1 aromatic carbocycles. The summed E-state index contributed by atoms with van der Waals surface area (Å²) < 4.78 is 0. The van der Waals surface area contributed by atoms with E-state index >= 15 is 0 Å². The van der Waals surface area contributed by atoms with E-state index in [4.69, 9.17) is 11.5 Å². The van der Waals surface area contributed by atoms with Gasteiger partial charge in [-0.15, -0.1) is 6.42 Å². The van der Waals surface area contributed by atoms with Gasteiger partial charge in [0.15, 0.2) is 0 Å². The Morgan fingerprint density at radius 1 is 1.47 bits per heavy atom. The molecule has 17 heavy (non-hydrogen) atoms. The first kappa shape index (κ1) is 11.7. The van der Waals surface area contributed by atoms with Crippen molar-refractivity contribution in [1.29, 1.82) is 0 Å². The van der Waals surface area contributed by atoms with Crippen molar-refractivity contribution in [2.75, 3.05) is 6.54 Å². The molecule has 1 N–H and O–H groups in total. The van der Waals surface area contributed by atoms with Crippen LogP contribution in [0.3, 0.4) is 0 Å². The number of benzene rings is 1. The Morgan fingerprint density at radius 2 is 2.18 bits per heavy atom. The molecule has 1 heterocycles.